The molecule has 0 amide bonds. The molecule has 3 aromatic carbocycles. The third-order valence-corrected chi connectivity index (χ3v) is 8.14. The van der Waals surface area contributed by atoms with Crippen LogP contribution in [0.15, 0.2) is 92.6 Å². The second-order valence-corrected chi connectivity index (χ2v) is 10.6. The third-order valence-electron chi connectivity index (χ3n) is 6.30. The van der Waals surface area contributed by atoms with Crippen molar-refractivity contribution in [2.24, 2.45) is 4.99 Å². The molecule has 1 aliphatic heterocycles. The van der Waals surface area contributed by atoms with Gasteiger partial charge in [0, 0.05) is 10.0 Å². The highest BCUT2D eigenvalue weighted by atomic mass is 79.9. The standard InChI is InChI=1S/C30H25BrN2O4S/c1-4-37-29(35)25-26(20-8-6-5-7-9-20)32-30-33(27(25)21-12-14-22(36-3)15-13-21)28(34)24(38-30)17-19-11-10-18(2)23(31)16-19/h5-17,27H,4H2,1-3H3/b24-17-/t27-/m0/s1. The Hall–Kier alpha value is -3.75. The predicted octanol–water partition coefficient (Wildman–Crippen LogP) is 5.02. The molecule has 0 radical (unpaired) electrons. The van der Waals surface area contributed by atoms with Gasteiger partial charge in [0.15, 0.2) is 4.80 Å². The number of methoxy groups -OCH3 is 1. The Labute approximate surface area is 232 Å². The topological polar surface area (TPSA) is 69.9 Å². The molecule has 0 bridgehead atoms. The minimum Gasteiger partial charge on any atom is -0.497 e. The van der Waals surface area contributed by atoms with E-state index in [0.29, 0.717) is 26.4 Å². The van der Waals surface area contributed by atoms with Crippen molar-refractivity contribution in [1.29, 1.82) is 0 Å². The SMILES string of the molecule is CCOC(=O)C1=C(c2ccccc2)N=c2s/c(=C\c3ccc(C)c(Br)c3)c(=O)n2[C@H]1c1ccc(OC)cc1. The number of esters is 1. The lowest BCUT2D eigenvalue weighted by atomic mass is 9.93. The fourth-order valence-electron chi connectivity index (χ4n) is 4.39. The number of hydrogen-bond acceptors (Lipinski definition) is 6. The van der Waals surface area contributed by atoms with Gasteiger partial charge in [-0.05, 0) is 54.8 Å². The van der Waals surface area contributed by atoms with Crippen LogP contribution in [0.5, 0.6) is 5.75 Å². The highest BCUT2D eigenvalue weighted by Crippen LogP contribution is 2.35. The van der Waals surface area contributed by atoms with Crippen molar-refractivity contribution >= 4 is 45.0 Å². The molecule has 6 nitrogen and oxygen atoms in total. The molecule has 1 aliphatic rings. The highest BCUT2D eigenvalue weighted by Gasteiger charge is 2.35. The van der Waals surface area contributed by atoms with Gasteiger partial charge in [0.05, 0.1) is 35.6 Å². The molecular formula is C30H25BrN2O4S. The summed E-state index contributed by atoms with van der Waals surface area (Å²) < 4.78 is 13.9. The van der Waals surface area contributed by atoms with E-state index in [0.717, 1.165) is 26.7 Å². The maximum absolute atomic E-state index is 13.9. The van der Waals surface area contributed by atoms with Gasteiger partial charge in [0.1, 0.15) is 5.75 Å². The molecule has 0 saturated carbocycles. The Morgan fingerprint density at radius 2 is 1.84 bits per heavy atom. The lowest BCUT2D eigenvalue weighted by Crippen LogP contribution is -2.40. The summed E-state index contributed by atoms with van der Waals surface area (Å²) in [5.74, 6) is 0.170. The summed E-state index contributed by atoms with van der Waals surface area (Å²) in [6.07, 6.45) is 1.86. The predicted molar refractivity (Wildman–Crippen MR) is 153 cm³/mol. The van der Waals surface area contributed by atoms with Crippen LogP contribution in [-0.4, -0.2) is 24.3 Å². The van der Waals surface area contributed by atoms with Crippen LogP contribution in [-0.2, 0) is 9.53 Å². The molecular weight excluding hydrogens is 564 g/mol. The normalized spacial score (nSPS) is 15.2. The van der Waals surface area contributed by atoms with Crippen molar-refractivity contribution in [3.05, 3.63) is 125 Å². The van der Waals surface area contributed by atoms with Gasteiger partial charge < -0.3 is 9.47 Å². The van der Waals surface area contributed by atoms with Crippen molar-refractivity contribution in [3.63, 3.8) is 0 Å². The number of fused-ring (bicyclic) bond motifs is 1. The van der Waals surface area contributed by atoms with E-state index in [4.69, 9.17) is 14.5 Å². The van der Waals surface area contributed by atoms with Crippen LogP contribution >= 0.6 is 27.3 Å². The van der Waals surface area contributed by atoms with E-state index in [2.05, 4.69) is 15.9 Å². The molecule has 0 fully saturated rings. The molecule has 0 aliphatic carbocycles. The fraction of sp³-hybridized carbons (Fsp3) is 0.167. The van der Waals surface area contributed by atoms with E-state index in [1.54, 1.807) is 18.6 Å². The molecule has 0 spiro atoms. The van der Waals surface area contributed by atoms with Crippen molar-refractivity contribution in [2.75, 3.05) is 13.7 Å². The zero-order valence-corrected chi connectivity index (χ0v) is 23.5. The van der Waals surface area contributed by atoms with E-state index >= 15 is 0 Å². The number of aromatic nitrogens is 1. The molecule has 4 aromatic rings. The van der Waals surface area contributed by atoms with Gasteiger partial charge in [-0.1, -0.05) is 81.9 Å². The Kier molecular flexibility index (Phi) is 7.44. The molecule has 0 unspecified atom stereocenters. The van der Waals surface area contributed by atoms with E-state index in [1.165, 1.54) is 11.3 Å². The number of carbonyl (C=O) groups excluding carboxylic acids is 1. The fourth-order valence-corrected chi connectivity index (χ4v) is 5.79. The van der Waals surface area contributed by atoms with Gasteiger partial charge >= 0.3 is 5.97 Å². The van der Waals surface area contributed by atoms with Gasteiger partial charge in [0.2, 0.25) is 0 Å². The average molecular weight is 590 g/mol. The number of halogens is 1. The molecule has 1 atom stereocenters. The molecule has 5 rings (SSSR count). The second kappa shape index (κ2) is 10.9. The number of thiazole rings is 1. The summed E-state index contributed by atoms with van der Waals surface area (Å²) in [4.78, 5) is 32.8. The number of aryl methyl sites for hydroxylation is 1. The van der Waals surface area contributed by atoms with E-state index < -0.39 is 12.0 Å². The summed E-state index contributed by atoms with van der Waals surface area (Å²) in [5, 5.41) is 0. The Morgan fingerprint density at radius 3 is 2.50 bits per heavy atom. The summed E-state index contributed by atoms with van der Waals surface area (Å²) in [6, 6.07) is 22.1. The number of nitrogens with zero attached hydrogens (tertiary/aromatic N) is 2. The maximum Gasteiger partial charge on any atom is 0.338 e. The van der Waals surface area contributed by atoms with Crippen LogP contribution < -0.4 is 19.6 Å². The minimum atomic E-state index is -0.724. The van der Waals surface area contributed by atoms with E-state index in [9.17, 15) is 9.59 Å². The number of rotatable bonds is 6. The molecule has 192 valence electrons. The summed E-state index contributed by atoms with van der Waals surface area (Å²) in [5.41, 5.74) is 4.12. The second-order valence-electron chi connectivity index (χ2n) is 8.71. The first-order valence-corrected chi connectivity index (χ1v) is 13.7. The van der Waals surface area contributed by atoms with Crippen LogP contribution in [0.25, 0.3) is 11.8 Å². The van der Waals surface area contributed by atoms with Crippen molar-refractivity contribution < 1.29 is 14.3 Å². The van der Waals surface area contributed by atoms with Gasteiger partial charge in [0.25, 0.3) is 5.56 Å². The Bertz CT molecular complexity index is 1720. The van der Waals surface area contributed by atoms with Crippen molar-refractivity contribution in [2.45, 2.75) is 19.9 Å². The lowest BCUT2D eigenvalue weighted by molar-refractivity contribution is -0.138. The zero-order valence-electron chi connectivity index (χ0n) is 21.1. The van der Waals surface area contributed by atoms with Crippen molar-refractivity contribution in [1.82, 2.24) is 4.57 Å². The molecule has 8 heteroatoms. The van der Waals surface area contributed by atoms with Crippen LogP contribution in [0.4, 0.5) is 0 Å². The van der Waals surface area contributed by atoms with Crippen molar-refractivity contribution in [3.8, 4) is 5.75 Å². The summed E-state index contributed by atoms with van der Waals surface area (Å²) >= 11 is 4.87. The first-order valence-electron chi connectivity index (χ1n) is 12.1. The first-order chi connectivity index (χ1) is 18.4. The average Bonchev–Trinajstić information content (AvgIpc) is 3.24. The lowest BCUT2D eigenvalue weighted by Gasteiger charge is -2.26. The third kappa shape index (κ3) is 4.89. The Balaban J connectivity index is 1.81. The van der Waals surface area contributed by atoms with Crippen LogP contribution in [0.1, 0.15) is 35.2 Å². The Morgan fingerprint density at radius 1 is 1.11 bits per heavy atom. The molecule has 2 heterocycles. The molecule has 1 aromatic heterocycles. The number of ether oxygens (including phenoxy) is 2. The summed E-state index contributed by atoms with van der Waals surface area (Å²) in [6.45, 7) is 3.98. The van der Waals surface area contributed by atoms with Crippen LogP contribution in [0.3, 0.4) is 0 Å². The number of carbonyl (C=O) groups is 1. The van der Waals surface area contributed by atoms with E-state index in [-0.39, 0.29) is 12.2 Å². The van der Waals surface area contributed by atoms with Gasteiger partial charge in [-0.15, -0.1) is 0 Å². The smallest absolute Gasteiger partial charge is 0.338 e. The molecule has 38 heavy (non-hydrogen) atoms. The van der Waals surface area contributed by atoms with Gasteiger partial charge in [-0.25, -0.2) is 9.79 Å². The zero-order chi connectivity index (χ0) is 26.8. The first kappa shape index (κ1) is 25.9. The monoisotopic (exact) mass is 588 g/mol. The molecule has 0 N–H and O–H groups in total. The quantitative estimate of drug-likeness (QED) is 0.297. The van der Waals surface area contributed by atoms with Gasteiger partial charge in [-0.3, -0.25) is 9.36 Å². The number of hydrogen-bond donors (Lipinski definition) is 0. The minimum absolute atomic E-state index is 0.201. The molecule has 0 saturated heterocycles. The van der Waals surface area contributed by atoms with Crippen LogP contribution in [0.2, 0.25) is 0 Å². The largest absolute Gasteiger partial charge is 0.497 e. The van der Waals surface area contributed by atoms with E-state index in [1.807, 2.05) is 85.8 Å². The number of benzene rings is 3. The van der Waals surface area contributed by atoms with Gasteiger partial charge in [-0.2, -0.15) is 0 Å². The highest BCUT2D eigenvalue weighted by molar-refractivity contribution is 9.10. The summed E-state index contributed by atoms with van der Waals surface area (Å²) in [7, 11) is 1.60. The maximum atomic E-state index is 13.9. The van der Waals surface area contributed by atoms with Crippen LogP contribution in [0, 0.1) is 6.92 Å².